The van der Waals surface area contributed by atoms with Gasteiger partial charge in [-0.05, 0) is 45.4 Å². The van der Waals surface area contributed by atoms with Gasteiger partial charge in [0.2, 0.25) is 0 Å². The Hall–Kier alpha value is -2.03. The summed E-state index contributed by atoms with van der Waals surface area (Å²) in [4.78, 5) is 12.0. The molecule has 0 aliphatic heterocycles. The van der Waals surface area contributed by atoms with Crippen LogP contribution in [0, 0.1) is 20.8 Å². The SMILES string of the molecule is CCOC(=O)c1c(C)c(C)n(-c2ccccc2)c1C. The first-order valence-electron chi connectivity index (χ1n) is 6.49. The van der Waals surface area contributed by atoms with Gasteiger partial charge in [-0.2, -0.15) is 0 Å². The van der Waals surface area contributed by atoms with Crippen LogP contribution in [-0.4, -0.2) is 17.1 Å². The highest BCUT2D eigenvalue weighted by Crippen LogP contribution is 2.26. The quantitative estimate of drug-likeness (QED) is 0.787. The summed E-state index contributed by atoms with van der Waals surface area (Å²) in [5.41, 5.74) is 4.74. The Morgan fingerprint density at radius 2 is 1.74 bits per heavy atom. The van der Waals surface area contributed by atoms with E-state index in [4.69, 9.17) is 4.74 Å². The molecule has 0 spiro atoms. The fourth-order valence-electron chi connectivity index (χ4n) is 2.45. The van der Waals surface area contributed by atoms with Gasteiger partial charge in [0.25, 0.3) is 0 Å². The van der Waals surface area contributed by atoms with Crippen LogP contribution in [0.2, 0.25) is 0 Å². The number of hydrogen-bond acceptors (Lipinski definition) is 2. The molecule has 0 N–H and O–H groups in total. The highest BCUT2D eigenvalue weighted by molar-refractivity contribution is 5.93. The topological polar surface area (TPSA) is 31.2 Å². The van der Waals surface area contributed by atoms with Crippen LogP contribution in [0.15, 0.2) is 30.3 Å². The number of esters is 1. The van der Waals surface area contributed by atoms with E-state index in [1.54, 1.807) is 0 Å². The van der Waals surface area contributed by atoms with Gasteiger partial charge >= 0.3 is 5.97 Å². The standard InChI is InChI=1S/C16H19NO2/c1-5-19-16(18)15-11(2)12(3)17(13(15)4)14-9-7-6-8-10-14/h6-10H,5H2,1-4H3. The van der Waals surface area contributed by atoms with Gasteiger partial charge in [0, 0.05) is 17.1 Å². The molecule has 0 bridgehead atoms. The molecular weight excluding hydrogens is 238 g/mol. The zero-order valence-corrected chi connectivity index (χ0v) is 11.9. The molecular formula is C16H19NO2. The van der Waals surface area contributed by atoms with E-state index in [2.05, 4.69) is 4.57 Å². The van der Waals surface area contributed by atoms with Crippen LogP contribution in [0.25, 0.3) is 5.69 Å². The van der Waals surface area contributed by atoms with Crippen molar-refractivity contribution in [2.45, 2.75) is 27.7 Å². The molecule has 0 aliphatic carbocycles. The first-order valence-corrected chi connectivity index (χ1v) is 6.49. The Labute approximate surface area is 113 Å². The Balaban J connectivity index is 2.59. The van der Waals surface area contributed by atoms with E-state index in [-0.39, 0.29) is 5.97 Å². The van der Waals surface area contributed by atoms with Crippen molar-refractivity contribution in [1.82, 2.24) is 4.57 Å². The predicted molar refractivity (Wildman–Crippen MR) is 75.9 cm³/mol. The number of benzene rings is 1. The van der Waals surface area contributed by atoms with Gasteiger partial charge in [-0.25, -0.2) is 4.79 Å². The molecule has 0 fully saturated rings. The summed E-state index contributed by atoms with van der Waals surface area (Å²) in [7, 11) is 0. The van der Waals surface area contributed by atoms with Crippen molar-refractivity contribution in [3.8, 4) is 5.69 Å². The lowest BCUT2D eigenvalue weighted by Crippen LogP contribution is -2.07. The molecule has 3 heteroatoms. The number of carbonyl (C=O) groups is 1. The Bertz CT molecular complexity index is 597. The molecule has 0 amide bonds. The minimum Gasteiger partial charge on any atom is -0.462 e. The lowest BCUT2D eigenvalue weighted by molar-refractivity contribution is 0.0525. The molecule has 0 saturated carbocycles. The van der Waals surface area contributed by atoms with Crippen LogP contribution in [0.5, 0.6) is 0 Å². The number of aromatic nitrogens is 1. The van der Waals surface area contributed by atoms with Crippen molar-refractivity contribution < 1.29 is 9.53 Å². The molecule has 2 aromatic rings. The van der Waals surface area contributed by atoms with Crippen LogP contribution in [0.1, 0.15) is 34.2 Å². The molecule has 0 atom stereocenters. The molecule has 0 aliphatic rings. The largest absolute Gasteiger partial charge is 0.462 e. The average molecular weight is 257 g/mol. The Kier molecular flexibility index (Phi) is 3.74. The van der Waals surface area contributed by atoms with Crippen LogP contribution in [0.3, 0.4) is 0 Å². The zero-order valence-electron chi connectivity index (χ0n) is 11.9. The third-order valence-corrected chi connectivity index (χ3v) is 3.44. The van der Waals surface area contributed by atoms with E-state index in [0.717, 1.165) is 22.6 Å². The summed E-state index contributed by atoms with van der Waals surface area (Å²) >= 11 is 0. The predicted octanol–water partition coefficient (Wildman–Crippen LogP) is 3.58. The molecule has 1 aromatic heterocycles. The normalized spacial score (nSPS) is 10.5. The molecule has 0 radical (unpaired) electrons. The van der Waals surface area contributed by atoms with Crippen molar-refractivity contribution in [3.05, 3.63) is 52.8 Å². The first-order chi connectivity index (χ1) is 9.07. The van der Waals surface area contributed by atoms with Crippen LogP contribution in [-0.2, 0) is 4.74 Å². The fourth-order valence-corrected chi connectivity index (χ4v) is 2.45. The highest BCUT2D eigenvalue weighted by atomic mass is 16.5. The van der Waals surface area contributed by atoms with Gasteiger partial charge in [0.15, 0.2) is 0 Å². The summed E-state index contributed by atoms with van der Waals surface area (Å²) < 4.78 is 7.24. The van der Waals surface area contributed by atoms with Gasteiger partial charge in [-0.15, -0.1) is 0 Å². The van der Waals surface area contributed by atoms with Crippen LogP contribution >= 0.6 is 0 Å². The summed E-state index contributed by atoms with van der Waals surface area (Å²) in [6.45, 7) is 8.17. The third kappa shape index (κ3) is 2.28. The van der Waals surface area contributed by atoms with Crippen molar-refractivity contribution in [2.24, 2.45) is 0 Å². The summed E-state index contributed by atoms with van der Waals surface area (Å²) in [5.74, 6) is -0.240. The minimum atomic E-state index is -0.240. The van der Waals surface area contributed by atoms with Crippen molar-refractivity contribution in [1.29, 1.82) is 0 Å². The smallest absolute Gasteiger partial charge is 0.340 e. The maximum atomic E-state index is 12.0. The molecule has 3 nitrogen and oxygen atoms in total. The molecule has 2 rings (SSSR count). The van der Waals surface area contributed by atoms with E-state index >= 15 is 0 Å². The second-order valence-electron chi connectivity index (χ2n) is 4.56. The Morgan fingerprint density at radius 3 is 2.32 bits per heavy atom. The molecule has 0 unspecified atom stereocenters. The number of rotatable bonds is 3. The summed E-state index contributed by atoms with van der Waals surface area (Å²) in [5, 5.41) is 0. The van der Waals surface area contributed by atoms with Gasteiger partial charge in [0.1, 0.15) is 0 Å². The molecule has 0 saturated heterocycles. The fraction of sp³-hybridized carbons (Fsp3) is 0.312. The molecule has 100 valence electrons. The highest BCUT2D eigenvalue weighted by Gasteiger charge is 2.21. The molecule has 19 heavy (non-hydrogen) atoms. The number of ether oxygens (including phenoxy) is 1. The van der Waals surface area contributed by atoms with Gasteiger partial charge < -0.3 is 9.30 Å². The number of hydrogen-bond donors (Lipinski definition) is 0. The third-order valence-electron chi connectivity index (χ3n) is 3.44. The maximum absolute atomic E-state index is 12.0. The van der Waals surface area contributed by atoms with Crippen LogP contribution in [0.4, 0.5) is 0 Å². The number of para-hydroxylation sites is 1. The van der Waals surface area contributed by atoms with Crippen molar-refractivity contribution in [3.63, 3.8) is 0 Å². The Morgan fingerprint density at radius 1 is 1.11 bits per heavy atom. The van der Waals surface area contributed by atoms with E-state index in [1.165, 1.54) is 0 Å². The molecule has 1 heterocycles. The van der Waals surface area contributed by atoms with E-state index in [1.807, 2.05) is 58.0 Å². The number of nitrogens with zero attached hydrogens (tertiary/aromatic N) is 1. The van der Waals surface area contributed by atoms with E-state index in [0.29, 0.717) is 12.2 Å². The summed E-state index contributed by atoms with van der Waals surface area (Å²) in [6, 6.07) is 10.0. The van der Waals surface area contributed by atoms with Gasteiger partial charge in [-0.3, -0.25) is 0 Å². The average Bonchev–Trinajstić information content (AvgIpc) is 2.62. The van der Waals surface area contributed by atoms with E-state index < -0.39 is 0 Å². The minimum absolute atomic E-state index is 0.240. The van der Waals surface area contributed by atoms with Gasteiger partial charge in [0.05, 0.1) is 12.2 Å². The monoisotopic (exact) mass is 257 g/mol. The van der Waals surface area contributed by atoms with E-state index in [9.17, 15) is 4.79 Å². The number of carbonyl (C=O) groups excluding carboxylic acids is 1. The second kappa shape index (κ2) is 5.31. The maximum Gasteiger partial charge on any atom is 0.340 e. The van der Waals surface area contributed by atoms with Crippen molar-refractivity contribution in [2.75, 3.05) is 6.61 Å². The lowest BCUT2D eigenvalue weighted by Gasteiger charge is -2.09. The lowest BCUT2D eigenvalue weighted by atomic mass is 10.1. The van der Waals surface area contributed by atoms with Crippen molar-refractivity contribution >= 4 is 5.97 Å². The summed E-state index contributed by atoms with van der Waals surface area (Å²) in [6.07, 6.45) is 0. The first kappa shape index (κ1) is 13.4. The zero-order chi connectivity index (χ0) is 14.0. The van der Waals surface area contributed by atoms with Gasteiger partial charge in [-0.1, -0.05) is 18.2 Å². The van der Waals surface area contributed by atoms with Crippen LogP contribution < -0.4 is 0 Å². The second-order valence-corrected chi connectivity index (χ2v) is 4.56. The molecule has 1 aromatic carbocycles.